The summed E-state index contributed by atoms with van der Waals surface area (Å²) in [6.45, 7) is 0.118. The first kappa shape index (κ1) is 129. The van der Waals surface area contributed by atoms with Gasteiger partial charge in [-0.25, -0.2) is 14.4 Å². The first-order chi connectivity index (χ1) is 69.3. The monoisotopic (exact) mass is 2070 g/mol. The number of hydrogen-bond donors (Lipinski definition) is 13. The van der Waals surface area contributed by atoms with Gasteiger partial charge in [-0.15, -0.1) is 15.2 Å². The fourth-order valence-corrected chi connectivity index (χ4v) is 12.0. The summed E-state index contributed by atoms with van der Waals surface area (Å²) < 4.78 is 0. The van der Waals surface area contributed by atoms with E-state index in [1.165, 1.54) is 0 Å². The number of carbonyl (C=O) groups is 27. The van der Waals surface area contributed by atoms with Crippen molar-refractivity contribution in [2.75, 3.05) is 99.2 Å². The molecule has 7 aliphatic heterocycles. The van der Waals surface area contributed by atoms with Gasteiger partial charge >= 0.3 is 41.8 Å². The molecule has 4 fully saturated rings. The van der Waals surface area contributed by atoms with E-state index in [4.69, 9.17) is 64.5 Å². The second-order valence-electron chi connectivity index (χ2n) is 30.5. The number of hydrogen-bond acceptors (Lipinski definition) is 40. The Hall–Kier alpha value is -16.9. The molecule has 146 heavy (non-hydrogen) atoms. The summed E-state index contributed by atoms with van der Waals surface area (Å²) in [6, 6.07) is -1.81. The normalized spacial score (nSPS) is 14.9. The highest BCUT2D eigenvalue weighted by Crippen LogP contribution is 2.23. The number of nitrogens with zero attached hydrogens (tertiary/aromatic N) is 22. The van der Waals surface area contributed by atoms with Gasteiger partial charge in [-0.2, -0.15) is 5.06 Å². The van der Waals surface area contributed by atoms with Gasteiger partial charge in [0.2, 0.25) is 23.6 Å². The maximum atomic E-state index is 12.6. The molecule has 0 aromatic carbocycles. The summed E-state index contributed by atoms with van der Waals surface area (Å²) in [5.74, 6) is -18.2. The van der Waals surface area contributed by atoms with E-state index in [0.29, 0.717) is 112 Å². The SMILES string of the molecule is CN[C@@H](CCCCN)C(=O)O.CN[C@@H](CCCCNC(=O)CN=[N+]=[N-])C(=O)O.O=C(CCN1C(=O)C=CC1=O)ON1C(=O)CCC1=O.O=C1CCC(=O)N1O.[N-]=[N+]=NCC(=O)NCCCC[C@H](CC(=O)CCN1C(=O)C=CC1=O)C(=O)O.[N-]=[N+]=NCC(=O)NCCCC[C@H](CC(=O)CCN1C(=O)C=CC1=O)C(=O)ON1C(=O)CCC1=O.[N-]=[N+]=NCC(=O)NCCCC[C@H](N)C(=O)O.[N-]=[N+]=NCC(=O)ON1C(=O)CCC1=O. The van der Waals surface area contributed by atoms with E-state index in [0.717, 1.165) is 64.0 Å². The number of carboxylic acid groups (broad SMARTS) is 4. The third kappa shape index (κ3) is 55.9. The molecular weight excluding hydrogens is 1950 g/mol. The van der Waals surface area contributed by atoms with Crippen LogP contribution in [0.1, 0.15) is 180 Å². The van der Waals surface area contributed by atoms with Gasteiger partial charge in [0.25, 0.3) is 82.7 Å². The molecule has 0 aliphatic carbocycles. The van der Waals surface area contributed by atoms with Crippen LogP contribution in [0.5, 0.6) is 0 Å². The fraction of sp³-hybridized carbons (Fsp3) is 0.593. The molecule has 5 atom stereocenters. The zero-order valence-electron chi connectivity index (χ0n) is 79.3. The van der Waals surface area contributed by atoms with E-state index < -0.39 is 179 Å². The number of carboxylic acids is 4. The summed E-state index contributed by atoms with van der Waals surface area (Å²) in [6.07, 6.45) is 14.1. The van der Waals surface area contributed by atoms with Crippen molar-refractivity contribution in [3.8, 4) is 0 Å². The van der Waals surface area contributed by atoms with Gasteiger partial charge < -0.3 is 78.3 Å². The van der Waals surface area contributed by atoms with Gasteiger partial charge in [0, 0.05) is 184 Å². The van der Waals surface area contributed by atoms with Gasteiger partial charge in [0.1, 0.15) is 62.4 Å². The van der Waals surface area contributed by atoms with E-state index >= 15 is 0 Å². The Morgan fingerprint density at radius 1 is 0.356 bits per heavy atom. The molecule has 0 spiro atoms. The molecule has 7 heterocycles. The zero-order chi connectivity index (χ0) is 110. The summed E-state index contributed by atoms with van der Waals surface area (Å²) in [5.41, 5.74) is 50.6. The van der Waals surface area contributed by atoms with Crippen molar-refractivity contribution in [2.24, 2.45) is 48.9 Å². The molecule has 0 unspecified atom stereocenters. The van der Waals surface area contributed by atoms with Gasteiger partial charge in [0.05, 0.1) is 18.3 Å². The smallest absolute Gasteiger partial charge is 0.339 e. The summed E-state index contributed by atoms with van der Waals surface area (Å²) in [5, 5.41) is 75.8. The van der Waals surface area contributed by atoms with E-state index in [-0.39, 0.29) is 171 Å². The maximum Gasteiger partial charge on any atom is 0.339 e. The van der Waals surface area contributed by atoms with Crippen molar-refractivity contribution in [3.63, 3.8) is 0 Å². The number of nitrogens with two attached hydrogens (primary N) is 2. The molecule has 18 amide bonds. The van der Waals surface area contributed by atoms with Crippen LogP contribution in [0.2, 0.25) is 0 Å². The van der Waals surface area contributed by atoms with E-state index in [1.807, 2.05) is 0 Å². The average Bonchev–Trinajstić information content (AvgIpc) is 1.70. The number of azide groups is 5. The number of rotatable bonds is 57. The van der Waals surface area contributed by atoms with E-state index in [9.17, 15) is 135 Å². The fourth-order valence-electron chi connectivity index (χ4n) is 12.0. The number of aliphatic carboxylic acids is 4. The van der Waals surface area contributed by atoms with Gasteiger partial charge in [-0.05, 0) is 125 Å². The number of likely N-dealkylation sites (N-methyl/N-ethyl adjacent to an activating group) is 2. The Kier molecular flexibility index (Phi) is 66.3. The number of imide groups is 7. The average molecular weight is 2070 g/mol. The Morgan fingerprint density at radius 2 is 0.630 bits per heavy atom. The lowest BCUT2D eigenvalue weighted by Crippen LogP contribution is -2.36. The van der Waals surface area contributed by atoms with Crippen LogP contribution in [0, 0.1) is 11.8 Å². The van der Waals surface area contributed by atoms with Crippen LogP contribution in [0.3, 0.4) is 0 Å². The molecule has 4 saturated heterocycles. The maximum absolute atomic E-state index is 12.6. The van der Waals surface area contributed by atoms with Crippen LogP contribution >= 0.6 is 0 Å². The second-order valence-corrected chi connectivity index (χ2v) is 30.5. The van der Waals surface area contributed by atoms with Crippen molar-refractivity contribution in [2.45, 2.75) is 198 Å². The third-order valence-corrected chi connectivity index (χ3v) is 19.7. The quantitative estimate of drug-likeness (QED) is 0.00869. The molecule has 798 valence electrons. The molecular formula is C81H114N30O35. The largest absolute Gasteiger partial charge is 0.481 e. The Balaban J connectivity index is 0.00000170. The highest BCUT2D eigenvalue weighted by molar-refractivity contribution is 6.15. The molecule has 0 saturated carbocycles. The minimum absolute atomic E-state index is 0.0130. The number of carbonyl (C=O) groups excluding carboxylic acids is 23. The third-order valence-electron chi connectivity index (χ3n) is 19.7. The number of amides is 18. The van der Waals surface area contributed by atoms with Crippen LogP contribution in [-0.2, 0) is 144 Å². The van der Waals surface area contributed by atoms with Gasteiger partial charge in [-0.1, -0.05) is 44.8 Å². The highest BCUT2D eigenvalue weighted by atomic mass is 16.7. The summed E-state index contributed by atoms with van der Waals surface area (Å²) >= 11 is 0. The van der Waals surface area contributed by atoms with Crippen molar-refractivity contribution < 1.29 is 170 Å². The molecule has 65 heteroatoms. The van der Waals surface area contributed by atoms with Crippen LogP contribution in [0.15, 0.2) is 62.0 Å². The molecule has 0 bridgehead atoms. The van der Waals surface area contributed by atoms with Crippen LogP contribution < -0.4 is 43.4 Å². The molecule has 0 radical (unpaired) electrons. The molecule has 7 rings (SSSR count). The van der Waals surface area contributed by atoms with Crippen LogP contribution in [0.25, 0.3) is 52.2 Å². The molecule has 65 nitrogen and oxygen atoms in total. The number of ketones is 2. The van der Waals surface area contributed by atoms with Crippen molar-refractivity contribution in [3.05, 3.63) is 88.7 Å². The Bertz CT molecular complexity index is 4920. The molecule has 0 aromatic heterocycles. The number of hydroxylamine groups is 8. The van der Waals surface area contributed by atoms with Crippen LogP contribution in [0.4, 0.5) is 0 Å². The number of unbranched alkanes of at least 4 members (excludes halogenated alkanes) is 5. The molecule has 15 N–H and O–H groups in total. The zero-order valence-corrected chi connectivity index (χ0v) is 79.3. The first-order valence-corrected chi connectivity index (χ1v) is 44.6. The predicted octanol–water partition coefficient (Wildman–Crippen LogP) is -0.985. The highest BCUT2D eigenvalue weighted by Gasteiger charge is 2.38. The lowest BCUT2D eigenvalue weighted by molar-refractivity contribution is -0.201. The van der Waals surface area contributed by atoms with E-state index in [1.54, 1.807) is 14.1 Å². The number of Topliss-reactive ketones (excluding diaryl/α,β-unsaturated/α-hetero) is 2. The minimum Gasteiger partial charge on any atom is -0.481 e. The Labute approximate surface area is 827 Å². The lowest BCUT2D eigenvalue weighted by Gasteiger charge is -2.19. The van der Waals surface area contributed by atoms with Crippen molar-refractivity contribution in [1.29, 1.82) is 0 Å². The number of nitrogens with one attached hydrogen (secondary N) is 6. The molecule has 0 aromatic rings. The predicted molar refractivity (Wildman–Crippen MR) is 487 cm³/mol. The standard InChI is InChI=1S/C20H24N6O8.C16H21N5O6.C11H10N2O6.C9H17N5O3.C8H15N5O3.C7H16N2O2.C6H6N4O4.C4H5NO3/c21-24-23-12-15(28)22-9-2-1-3-13(20(33)34-26-18(31)6-7-19(26)32)11-14(27)8-10-25-16(29)4-5-17(25)30;17-20-19-10-13(23)18-7-2-1-3-11(16(26)27)9-12(22)6-8-21-14(24)4-5-15(21)25;14-7-1-2-8(15)12(7)6-5-11(18)19-13-9(16)3-4-10(13)17;1-11-7(9(16)17)4-2-3-5-12-8(15)6-13-14-10;9-6(8(15)16)3-1-2-4-11-7(14)5-12-13-10;1-9-6(7(10)11)4-2-3-5-8;7-9-8-3-6(13)14-10-4(11)1-2-5(10)12;6-3-1-2-4(7)5(3)8/h4-5,13H,1-3,6-12H2,(H,22,28);4-5,11H,1-3,6-10H2,(H,18,23)(H,26,27);1-2H,3-6H2;7,11H,2-6H2,1H3,(H,12,15)(H,16,17);6H,1-5,9H2,(H,11,14)(H,15,16);6,9H,2-5,8H2,1H3,(H,10,11);1-3H2;8H,1-2H2/t13-;11-;;7-;2*6-;;/m11.000../s1. The summed E-state index contributed by atoms with van der Waals surface area (Å²) in [4.78, 5) is 332. The van der Waals surface area contributed by atoms with E-state index in [2.05, 4.69) is 91.7 Å². The topological polar surface area (TPSA) is 980 Å². The Morgan fingerprint density at radius 3 is 0.918 bits per heavy atom. The summed E-state index contributed by atoms with van der Waals surface area (Å²) in [7, 11) is 3.25. The first-order valence-electron chi connectivity index (χ1n) is 44.6. The van der Waals surface area contributed by atoms with Gasteiger partial charge in [-0.3, -0.25) is 135 Å². The van der Waals surface area contributed by atoms with Crippen molar-refractivity contribution in [1.82, 2.24) is 66.9 Å². The molecule has 7 aliphatic rings. The van der Waals surface area contributed by atoms with Gasteiger partial charge in [0.15, 0.2) is 0 Å². The second kappa shape index (κ2) is 75.0. The van der Waals surface area contributed by atoms with Crippen LogP contribution in [-0.4, -0.2) is 338 Å². The minimum atomic E-state index is -1.09. The van der Waals surface area contributed by atoms with Crippen molar-refractivity contribution >= 4 is 160 Å². The lowest BCUT2D eigenvalue weighted by atomic mass is 9.95.